The van der Waals surface area contributed by atoms with E-state index in [-0.39, 0.29) is 5.78 Å². The van der Waals surface area contributed by atoms with Crippen molar-refractivity contribution >= 4 is 23.3 Å². The number of aryl methyl sites for hydroxylation is 1. The van der Waals surface area contributed by atoms with Gasteiger partial charge in [-0.15, -0.1) is 11.3 Å². The number of carbonyl (C=O) groups is 1. The Bertz CT molecular complexity index is 526. The van der Waals surface area contributed by atoms with Crippen LogP contribution in [0.1, 0.15) is 14.5 Å². The van der Waals surface area contributed by atoms with Gasteiger partial charge in [0.2, 0.25) is 0 Å². The third-order valence-corrected chi connectivity index (χ3v) is 3.73. The number of hydrogen-bond donors (Lipinski definition) is 0. The number of thiophene rings is 1. The number of hydrogen-bond acceptors (Lipinski definition) is 4. The Morgan fingerprint density at radius 3 is 3.06 bits per heavy atom. The Kier molecular flexibility index (Phi) is 4.10. The molecule has 18 heavy (non-hydrogen) atoms. The van der Waals surface area contributed by atoms with Crippen molar-refractivity contribution < 1.29 is 4.79 Å². The Morgan fingerprint density at radius 1 is 1.50 bits per heavy atom. The van der Waals surface area contributed by atoms with Gasteiger partial charge in [-0.2, -0.15) is 0 Å². The second kappa shape index (κ2) is 5.78. The predicted octanol–water partition coefficient (Wildman–Crippen LogP) is 2.70. The minimum Gasteiger partial charge on any atom is -0.367 e. The molecule has 0 spiro atoms. The van der Waals surface area contributed by atoms with Gasteiger partial charge in [-0.05, 0) is 31.2 Å². The van der Waals surface area contributed by atoms with E-state index in [9.17, 15) is 4.79 Å². The Labute approximate surface area is 111 Å². The first-order valence-corrected chi connectivity index (χ1v) is 6.66. The summed E-state index contributed by atoms with van der Waals surface area (Å²) in [6, 6.07) is 3.88. The molecule has 0 aliphatic carbocycles. The van der Waals surface area contributed by atoms with Crippen LogP contribution in [-0.4, -0.2) is 37.0 Å². The summed E-state index contributed by atoms with van der Waals surface area (Å²) < 4.78 is 0. The van der Waals surface area contributed by atoms with Crippen LogP contribution in [0.15, 0.2) is 41.1 Å². The molecule has 4 heteroatoms. The zero-order valence-corrected chi connectivity index (χ0v) is 11.4. The quantitative estimate of drug-likeness (QED) is 0.780. The lowest BCUT2D eigenvalue weighted by atomic mass is 10.2. The van der Waals surface area contributed by atoms with Crippen molar-refractivity contribution in [3.63, 3.8) is 0 Å². The number of likely N-dealkylation sites (N-methyl/N-ethyl adjacent to an activating group) is 1. The van der Waals surface area contributed by atoms with E-state index >= 15 is 0 Å². The number of carbonyl (C=O) groups excluding carboxylic acids is 1. The molecule has 1 aromatic rings. The second-order valence-electron chi connectivity index (χ2n) is 4.20. The molecule has 0 N–H and O–H groups in total. The monoisotopic (exact) mass is 260 g/mol. The summed E-state index contributed by atoms with van der Waals surface area (Å²) in [4.78, 5) is 20.2. The molecule has 0 amide bonds. The zero-order chi connectivity index (χ0) is 13.0. The Balaban J connectivity index is 2.03. The van der Waals surface area contributed by atoms with E-state index in [4.69, 9.17) is 0 Å². The molecule has 0 radical (unpaired) electrons. The maximum atomic E-state index is 12.1. The molecule has 0 bridgehead atoms. The highest BCUT2D eigenvalue weighted by Crippen LogP contribution is 2.16. The van der Waals surface area contributed by atoms with Gasteiger partial charge in [0.1, 0.15) is 0 Å². The first-order chi connectivity index (χ1) is 8.66. The number of nitrogens with zero attached hydrogens (tertiary/aromatic N) is 2. The van der Waals surface area contributed by atoms with Crippen LogP contribution in [0, 0.1) is 6.92 Å². The van der Waals surface area contributed by atoms with Crippen molar-refractivity contribution in [2.24, 2.45) is 4.99 Å². The predicted molar refractivity (Wildman–Crippen MR) is 76.6 cm³/mol. The molecule has 3 nitrogen and oxygen atoms in total. The maximum Gasteiger partial charge on any atom is 0.191 e. The van der Waals surface area contributed by atoms with Gasteiger partial charge in [-0.1, -0.05) is 6.08 Å². The third kappa shape index (κ3) is 3.17. The SMILES string of the molecule is Cc1ccc(C(=O)CN(C)C2=CC=NCC=C2)s1. The minimum atomic E-state index is 0.158. The number of Topliss-reactive ketones (excluding diaryl/α,β-unsaturated/α-hetero) is 1. The number of aliphatic imine (C=N–C) groups is 1. The maximum absolute atomic E-state index is 12.1. The average molecular weight is 260 g/mol. The summed E-state index contributed by atoms with van der Waals surface area (Å²) in [5, 5.41) is 0. The van der Waals surface area contributed by atoms with E-state index in [0.717, 1.165) is 10.6 Å². The van der Waals surface area contributed by atoms with Gasteiger partial charge in [-0.3, -0.25) is 9.79 Å². The topological polar surface area (TPSA) is 32.7 Å². The molecular formula is C14H16N2OS. The van der Waals surface area contributed by atoms with Crippen LogP contribution in [0.3, 0.4) is 0 Å². The Hall–Kier alpha value is -1.68. The van der Waals surface area contributed by atoms with Crippen molar-refractivity contribution in [2.75, 3.05) is 20.1 Å². The lowest BCUT2D eigenvalue weighted by molar-refractivity contribution is 0.0965. The van der Waals surface area contributed by atoms with E-state index in [1.807, 2.05) is 49.2 Å². The molecule has 0 fully saturated rings. The average Bonchev–Trinajstić information content (AvgIpc) is 2.63. The Morgan fingerprint density at radius 2 is 2.33 bits per heavy atom. The largest absolute Gasteiger partial charge is 0.367 e. The molecule has 2 rings (SSSR count). The first-order valence-electron chi connectivity index (χ1n) is 5.84. The van der Waals surface area contributed by atoms with Crippen LogP contribution in [-0.2, 0) is 0 Å². The van der Waals surface area contributed by atoms with Crippen molar-refractivity contribution in [3.8, 4) is 0 Å². The molecule has 0 atom stereocenters. The van der Waals surface area contributed by atoms with E-state index in [0.29, 0.717) is 13.1 Å². The van der Waals surface area contributed by atoms with Crippen LogP contribution in [0.5, 0.6) is 0 Å². The minimum absolute atomic E-state index is 0.158. The fraction of sp³-hybridized carbons (Fsp3) is 0.286. The fourth-order valence-electron chi connectivity index (χ4n) is 1.70. The summed E-state index contributed by atoms with van der Waals surface area (Å²) in [6.45, 7) is 3.11. The third-order valence-electron chi connectivity index (χ3n) is 2.69. The molecule has 1 aromatic heterocycles. The number of rotatable bonds is 4. The van der Waals surface area contributed by atoms with Crippen molar-refractivity contribution in [1.29, 1.82) is 0 Å². The van der Waals surface area contributed by atoms with Gasteiger partial charge in [0.05, 0.1) is 18.0 Å². The van der Waals surface area contributed by atoms with Crippen molar-refractivity contribution in [1.82, 2.24) is 4.90 Å². The smallest absolute Gasteiger partial charge is 0.191 e. The van der Waals surface area contributed by atoms with Crippen LogP contribution in [0.4, 0.5) is 0 Å². The van der Waals surface area contributed by atoms with E-state index in [2.05, 4.69) is 4.99 Å². The summed E-state index contributed by atoms with van der Waals surface area (Å²) >= 11 is 1.55. The van der Waals surface area contributed by atoms with Gasteiger partial charge < -0.3 is 4.90 Å². The van der Waals surface area contributed by atoms with Gasteiger partial charge >= 0.3 is 0 Å². The standard InChI is InChI=1S/C14H16N2OS/c1-11-5-6-14(18-11)13(17)10-16(2)12-4-3-8-15-9-7-12/h3-7,9H,8,10H2,1-2H3. The fourth-order valence-corrected chi connectivity index (χ4v) is 2.50. The summed E-state index contributed by atoms with van der Waals surface area (Å²) in [5.41, 5.74) is 1.01. The molecule has 1 aliphatic heterocycles. The molecule has 1 aliphatic rings. The normalized spacial score (nSPS) is 14.2. The lowest BCUT2D eigenvalue weighted by Gasteiger charge is -2.18. The number of ketones is 1. The van der Waals surface area contributed by atoms with Gasteiger partial charge in [-0.25, -0.2) is 0 Å². The van der Waals surface area contributed by atoms with E-state index in [1.54, 1.807) is 17.6 Å². The highest BCUT2D eigenvalue weighted by atomic mass is 32.1. The van der Waals surface area contributed by atoms with E-state index < -0.39 is 0 Å². The van der Waals surface area contributed by atoms with Crippen LogP contribution in [0.25, 0.3) is 0 Å². The van der Waals surface area contributed by atoms with Gasteiger partial charge in [0.15, 0.2) is 5.78 Å². The van der Waals surface area contributed by atoms with Gasteiger partial charge in [0, 0.05) is 23.8 Å². The summed E-state index contributed by atoms with van der Waals surface area (Å²) in [7, 11) is 1.92. The van der Waals surface area contributed by atoms with Crippen molar-refractivity contribution in [3.05, 3.63) is 45.8 Å². The van der Waals surface area contributed by atoms with E-state index in [1.165, 1.54) is 4.88 Å². The second-order valence-corrected chi connectivity index (χ2v) is 5.49. The van der Waals surface area contributed by atoms with Crippen LogP contribution >= 0.6 is 11.3 Å². The van der Waals surface area contributed by atoms with Crippen LogP contribution in [0.2, 0.25) is 0 Å². The molecule has 0 aromatic carbocycles. The molecule has 94 valence electrons. The molecule has 0 unspecified atom stereocenters. The summed E-state index contributed by atoms with van der Waals surface area (Å²) in [5.74, 6) is 0.158. The highest BCUT2D eigenvalue weighted by Gasteiger charge is 2.12. The van der Waals surface area contributed by atoms with Gasteiger partial charge in [0.25, 0.3) is 0 Å². The zero-order valence-electron chi connectivity index (χ0n) is 10.6. The molecular weight excluding hydrogens is 244 g/mol. The number of allylic oxidation sites excluding steroid dienone is 2. The summed E-state index contributed by atoms with van der Waals surface area (Å²) in [6.07, 6.45) is 7.70. The van der Waals surface area contributed by atoms with Crippen LogP contribution < -0.4 is 0 Å². The molecule has 2 heterocycles. The molecule has 0 saturated heterocycles. The highest BCUT2D eigenvalue weighted by molar-refractivity contribution is 7.14. The molecule has 0 saturated carbocycles. The lowest BCUT2D eigenvalue weighted by Crippen LogP contribution is -2.24. The van der Waals surface area contributed by atoms with Crippen molar-refractivity contribution in [2.45, 2.75) is 6.92 Å². The first kappa shape index (κ1) is 12.8.